The Labute approximate surface area is 197 Å². The summed E-state index contributed by atoms with van der Waals surface area (Å²) in [6.45, 7) is 0. The minimum absolute atomic E-state index is 0.731. The average Bonchev–Trinajstić information content (AvgIpc) is 2.92. The van der Waals surface area contributed by atoms with Crippen molar-refractivity contribution >= 4 is 38.2 Å². The highest BCUT2D eigenvalue weighted by molar-refractivity contribution is 6.26. The molecule has 3 nitrogen and oxygen atoms in total. The molecule has 0 unspecified atom stereocenters. The van der Waals surface area contributed by atoms with Crippen LogP contribution in [0.2, 0.25) is 0 Å². The molecule has 4 aromatic carbocycles. The predicted octanol–water partition coefficient (Wildman–Crippen LogP) is 7.84. The van der Waals surface area contributed by atoms with Gasteiger partial charge in [-0.25, -0.2) is 9.97 Å². The predicted molar refractivity (Wildman–Crippen MR) is 141 cm³/mol. The minimum atomic E-state index is 0.731. The maximum absolute atomic E-state index is 4.97. The van der Waals surface area contributed by atoms with Crippen molar-refractivity contribution < 1.29 is 0 Å². The largest absolute Gasteiger partial charge is 0.265 e. The molecule has 0 amide bonds. The van der Waals surface area contributed by atoms with Crippen LogP contribution in [0.25, 0.3) is 60.7 Å². The minimum Gasteiger partial charge on any atom is -0.265 e. The fourth-order valence-electron chi connectivity index (χ4n) is 5.19. The second-order valence-corrected chi connectivity index (χ2v) is 8.77. The molecule has 0 N–H and O–H groups in total. The maximum atomic E-state index is 4.97. The van der Waals surface area contributed by atoms with Crippen LogP contribution in [0.15, 0.2) is 103 Å². The molecule has 1 aliphatic rings. The molecule has 0 spiro atoms. The summed E-state index contributed by atoms with van der Waals surface area (Å²) in [6, 6.07) is 25.7. The number of hydrogen-bond donors (Lipinski definition) is 0. The molecule has 2 heterocycles. The van der Waals surface area contributed by atoms with E-state index in [1.165, 1.54) is 38.4 Å². The molecule has 160 valence electrons. The van der Waals surface area contributed by atoms with Gasteiger partial charge in [0.25, 0.3) is 0 Å². The summed E-state index contributed by atoms with van der Waals surface area (Å²) in [7, 11) is 0. The van der Waals surface area contributed by atoms with Crippen LogP contribution in [0, 0.1) is 0 Å². The normalized spacial score (nSPS) is 13.7. The van der Waals surface area contributed by atoms with Gasteiger partial charge in [-0.2, -0.15) is 0 Å². The highest BCUT2D eigenvalue weighted by Gasteiger charge is 2.19. The zero-order valence-corrected chi connectivity index (χ0v) is 18.6. The first kappa shape index (κ1) is 19.1. The molecule has 0 saturated heterocycles. The number of allylic oxidation sites excluding steroid dienone is 4. The van der Waals surface area contributed by atoms with Crippen molar-refractivity contribution in [3.63, 3.8) is 0 Å². The van der Waals surface area contributed by atoms with Gasteiger partial charge in [-0.1, -0.05) is 60.7 Å². The third kappa shape index (κ3) is 2.94. The van der Waals surface area contributed by atoms with Gasteiger partial charge < -0.3 is 0 Å². The molecule has 1 aliphatic carbocycles. The number of hydrogen-bond acceptors (Lipinski definition) is 3. The number of aromatic nitrogens is 3. The van der Waals surface area contributed by atoms with Crippen molar-refractivity contribution in [2.24, 2.45) is 0 Å². The van der Waals surface area contributed by atoms with Crippen LogP contribution >= 0.6 is 0 Å². The van der Waals surface area contributed by atoms with Gasteiger partial charge in [0.15, 0.2) is 5.82 Å². The third-order valence-corrected chi connectivity index (χ3v) is 6.77. The van der Waals surface area contributed by atoms with Crippen LogP contribution in [-0.4, -0.2) is 15.0 Å². The molecule has 3 heteroatoms. The van der Waals surface area contributed by atoms with Crippen molar-refractivity contribution in [2.45, 2.75) is 12.8 Å². The Bertz CT molecular complexity index is 1710. The maximum Gasteiger partial charge on any atom is 0.160 e. The quantitative estimate of drug-likeness (QED) is 0.266. The van der Waals surface area contributed by atoms with Crippen LogP contribution in [0.4, 0.5) is 0 Å². The number of nitrogens with zero attached hydrogens (tertiary/aromatic N) is 3. The smallest absolute Gasteiger partial charge is 0.160 e. The molecule has 0 radical (unpaired) electrons. The molecular weight excluding hydrogens is 414 g/mol. The van der Waals surface area contributed by atoms with E-state index in [-0.39, 0.29) is 0 Å². The van der Waals surface area contributed by atoms with E-state index in [2.05, 4.69) is 83.9 Å². The average molecular weight is 436 g/mol. The summed E-state index contributed by atoms with van der Waals surface area (Å²) in [5.74, 6) is 0.731. The van der Waals surface area contributed by atoms with Gasteiger partial charge in [-0.15, -0.1) is 0 Å². The van der Waals surface area contributed by atoms with Gasteiger partial charge in [0, 0.05) is 28.7 Å². The van der Waals surface area contributed by atoms with E-state index in [9.17, 15) is 0 Å². The monoisotopic (exact) mass is 435 g/mol. The Morgan fingerprint density at radius 3 is 2.06 bits per heavy atom. The molecule has 0 aliphatic heterocycles. The molecular formula is C31H21N3. The van der Waals surface area contributed by atoms with Crippen molar-refractivity contribution in [3.8, 4) is 22.5 Å². The topological polar surface area (TPSA) is 38.7 Å². The molecule has 0 atom stereocenters. The second-order valence-electron chi connectivity index (χ2n) is 8.77. The summed E-state index contributed by atoms with van der Waals surface area (Å²) >= 11 is 0. The summed E-state index contributed by atoms with van der Waals surface area (Å²) in [5, 5.41) is 4.87. The van der Waals surface area contributed by atoms with Crippen LogP contribution in [0.3, 0.4) is 0 Å². The van der Waals surface area contributed by atoms with Gasteiger partial charge in [0.1, 0.15) is 0 Å². The lowest BCUT2D eigenvalue weighted by molar-refractivity contribution is 1.04. The van der Waals surface area contributed by atoms with E-state index >= 15 is 0 Å². The Balaban J connectivity index is 1.60. The molecule has 2 aromatic heterocycles. The zero-order chi connectivity index (χ0) is 22.5. The SMILES string of the molecule is C1=CC(c2cc(-c3ccccc3)c3ccc4nc(-c5ccncc5)nc5ccc2c3c54)=CCC1. The first-order chi connectivity index (χ1) is 16.9. The fourth-order valence-corrected chi connectivity index (χ4v) is 5.19. The van der Waals surface area contributed by atoms with E-state index in [0.29, 0.717) is 0 Å². The molecule has 34 heavy (non-hydrogen) atoms. The highest BCUT2D eigenvalue weighted by atomic mass is 14.9. The summed E-state index contributed by atoms with van der Waals surface area (Å²) < 4.78 is 0. The van der Waals surface area contributed by atoms with Gasteiger partial charge >= 0.3 is 0 Å². The second kappa shape index (κ2) is 7.60. The summed E-state index contributed by atoms with van der Waals surface area (Å²) in [4.78, 5) is 14.1. The lowest BCUT2D eigenvalue weighted by Crippen LogP contribution is -1.97. The lowest BCUT2D eigenvalue weighted by atomic mass is 9.86. The Kier molecular flexibility index (Phi) is 4.28. The third-order valence-electron chi connectivity index (χ3n) is 6.77. The Morgan fingerprint density at radius 2 is 1.35 bits per heavy atom. The van der Waals surface area contributed by atoms with Gasteiger partial charge in [-0.3, -0.25) is 4.98 Å². The van der Waals surface area contributed by atoms with Crippen LogP contribution in [0.1, 0.15) is 18.4 Å². The number of benzene rings is 4. The van der Waals surface area contributed by atoms with Crippen molar-refractivity contribution in [1.29, 1.82) is 0 Å². The van der Waals surface area contributed by atoms with Crippen LogP contribution in [0.5, 0.6) is 0 Å². The molecule has 0 fully saturated rings. The molecule has 0 saturated carbocycles. The van der Waals surface area contributed by atoms with Crippen LogP contribution < -0.4 is 0 Å². The van der Waals surface area contributed by atoms with Crippen molar-refractivity contribution in [1.82, 2.24) is 15.0 Å². The highest BCUT2D eigenvalue weighted by Crippen LogP contribution is 2.43. The van der Waals surface area contributed by atoms with Gasteiger partial charge in [0.05, 0.1) is 11.0 Å². The lowest BCUT2D eigenvalue weighted by Gasteiger charge is -2.19. The van der Waals surface area contributed by atoms with Crippen molar-refractivity contribution in [2.75, 3.05) is 0 Å². The van der Waals surface area contributed by atoms with E-state index in [1.54, 1.807) is 12.4 Å². The Hall–Kier alpha value is -4.37. The fraction of sp³-hybridized carbons (Fsp3) is 0.0645. The zero-order valence-electron chi connectivity index (χ0n) is 18.6. The van der Waals surface area contributed by atoms with Gasteiger partial charge in [-0.05, 0) is 76.2 Å². The van der Waals surface area contributed by atoms with E-state index in [1.807, 2.05) is 12.1 Å². The first-order valence-corrected chi connectivity index (χ1v) is 11.7. The number of rotatable bonds is 3. The van der Waals surface area contributed by atoms with Gasteiger partial charge in [0.2, 0.25) is 0 Å². The van der Waals surface area contributed by atoms with E-state index in [0.717, 1.165) is 40.6 Å². The summed E-state index contributed by atoms with van der Waals surface area (Å²) in [6.07, 6.45) is 12.7. The van der Waals surface area contributed by atoms with E-state index < -0.39 is 0 Å². The first-order valence-electron chi connectivity index (χ1n) is 11.7. The van der Waals surface area contributed by atoms with Crippen molar-refractivity contribution in [3.05, 3.63) is 109 Å². The van der Waals surface area contributed by atoms with E-state index in [4.69, 9.17) is 9.97 Å². The Morgan fingerprint density at radius 1 is 0.618 bits per heavy atom. The number of pyridine rings is 1. The molecule has 6 aromatic rings. The summed E-state index contributed by atoms with van der Waals surface area (Å²) in [5.41, 5.74) is 7.95. The standard InChI is InChI=1S/C31H21N3/c1-3-7-20(8-4-1)25-19-26(21-9-5-2-6-10-21)24-12-14-28-30-27(13-11-23(25)29(24)30)33-31(34-28)22-15-17-32-18-16-22/h1,3-5,7-19H,2,6H2. The molecule has 7 rings (SSSR count). The van der Waals surface area contributed by atoms with Crippen LogP contribution in [-0.2, 0) is 0 Å². The molecule has 0 bridgehead atoms.